The van der Waals surface area contributed by atoms with Crippen LogP contribution in [-0.2, 0) is 11.2 Å². The molecule has 0 fully saturated rings. The number of aryl methyl sites for hydroxylation is 1. The molecule has 0 aliphatic heterocycles. The molecule has 1 atom stereocenters. The number of unbranched alkanes of at least 4 members (excludes halogenated alkanes) is 1. The Hall–Kier alpha value is -3.01. The van der Waals surface area contributed by atoms with Crippen LogP contribution >= 0.6 is 0 Å². The fraction of sp³-hybridized carbons (Fsp3) is 0.393. The molecule has 0 spiro atoms. The first kappa shape index (κ1) is 23.6. The Balaban J connectivity index is 1.54. The molecule has 4 nitrogen and oxygen atoms in total. The number of aromatic nitrogens is 2. The van der Waals surface area contributed by atoms with Crippen molar-refractivity contribution in [3.8, 4) is 22.5 Å². The molecule has 0 N–H and O–H groups in total. The fourth-order valence-electron chi connectivity index (χ4n) is 3.59. The molecule has 0 saturated carbocycles. The van der Waals surface area contributed by atoms with Gasteiger partial charge < -0.3 is 4.74 Å². The molecule has 0 aliphatic carbocycles. The summed E-state index contributed by atoms with van der Waals surface area (Å²) in [7, 11) is 0. The first-order valence-corrected chi connectivity index (χ1v) is 11.8. The number of carbonyl (C=O) groups is 1. The number of nitrogens with zero attached hydrogens (tertiary/aromatic N) is 2. The zero-order valence-corrected chi connectivity index (χ0v) is 19.5. The SMILES string of the molecule is CCCc1ccc(-c2ccc(-c3ncc(C(=O)OCCCC[C@H](C)CC)cn3)cc2)cc1. The molecule has 1 aromatic heterocycles. The van der Waals surface area contributed by atoms with Gasteiger partial charge in [0.25, 0.3) is 0 Å². The Labute approximate surface area is 192 Å². The molecule has 0 bridgehead atoms. The minimum Gasteiger partial charge on any atom is -0.462 e. The van der Waals surface area contributed by atoms with E-state index in [4.69, 9.17) is 4.74 Å². The second-order valence-corrected chi connectivity index (χ2v) is 8.46. The lowest BCUT2D eigenvalue weighted by Gasteiger charge is -2.08. The number of hydrogen-bond acceptors (Lipinski definition) is 4. The molecule has 0 unspecified atom stereocenters. The van der Waals surface area contributed by atoms with Crippen molar-refractivity contribution in [2.75, 3.05) is 6.61 Å². The van der Waals surface area contributed by atoms with Crippen molar-refractivity contribution in [3.05, 3.63) is 72.1 Å². The van der Waals surface area contributed by atoms with Gasteiger partial charge in [-0.1, -0.05) is 88.6 Å². The highest BCUT2D eigenvalue weighted by molar-refractivity contribution is 5.88. The lowest BCUT2D eigenvalue weighted by molar-refractivity contribution is 0.0496. The van der Waals surface area contributed by atoms with Crippen molar-refractivity contribution < 1.29 is 9.53 Å². The van der Waals surface area contributed by atoms with E-state index in [0.717, 1.165) is 42.7 Å². The topological polar surface area (TPSA) is 52.1 Å². The van der Waals surface area contributed by atoms with E-state index in [1.807, 2.05) is 12.1 Å². The Morgan fingerprint density at radius 3 is 2.06 bits per heavy atom. The zero-order valence-electron chi connectivity index (χ0n) is 19.5. The lowest BCUT2D eigenvalue weighted by atomic mass is 10.0. The highest BCUT2D eigenvalue weighted by atomic mass is 16.5. The van der Waals surface area contributed by atoms with Crippen LogP contribution in [0, 0.1) is 5.92 Å². The number of rotatable bonds is 11. The first-order valence-electron chi connectivity index (χ1n) is 11.8. The van der Waals surface area contributed by atoms with Crippen LogP contribution in [0.5, 0.6) is 0 Å². The van der Waals surface area contributed by atoms with E-state index in [9.17, 15) is 4.79 Å². The van der Waals surface area contributed by atoms with Gasteiger partial charge in [-0.3, -0.25) is 0 Å². The molecule has 1 heterocycles. The Morgan fingerprint density at radius 2 is 1.47 bits per heavy atom. The van der Waals surface area contributed by atoms with Gasteiger partial charge in [-0.15, -0.1) is 0 Å². The van der Waals surface area contributed by atoms with Crippen molar-refractivity contribution in [2.45, 2.75) is 59.3 Å². The lowest BCUT2D eigenvalue weighted by Crippen LogP contribution is -2.08. The van der Waals surface area contributed by atoms with Crippen molar-refractivity contribution in [2.24, 2.45) is 5.92 Å². The van der Waals surface area contributed by atoms with Crippen LogP contribution in [0.2, 0.25) is 0 Å². The van der Waals surface area contributed by atoms with Crippen LogP contribution in [0.1, 0.15) is 68.8 Å². The minimum atomic E-state index is -0.359. The van der Waals surface area contributed by atoms with Gasteiger partial charge in [0, 0.05) is 18.0 Å². The second kappa shape index (κ2) is 12.1. The van der Waals surface area contributed by atoms with Gasteiger partial charge in [-0.2, -0.15) is 0 Å². The quantitative estimate of drug-likeness (QED) is 0.240. The van der Waals surface area contributed by atoms with Gasteiger partial charge in [0.15, 0.2) is 5.82 Å². The van der Waals surface area contributed by atoms with Gasteiger partial charge in [-0.25, -0.2) is 14.8 Å². The van der Waals surface area contributed by atoms with E-state index < -0.39 is 0 Å². The van der Waals surface area contributed by atoms with E-state index in [0.29, 0.717) is 18.0 Å². The van der Waals surface area contributed by atoms with Crippen LogP contribution in [-0.4, -0.2) is 22.5 Å². The Bertz CT molecular complexity index is 964. The molecular formula is C28H34N2O2. The summed E-state index contributed by atoms with van der Waals surface area (Å²) in [5, 5.41) is 0. The standard InChI is InChI=1S/C28H34N2O2/c1-4-8-22-10-12-23(13-11-22)24-14-16-25(17-15-24)27-29-19-26(20-30-27)28(31)32-18-7-6-9-21(3)5-2/h10-17,19-21H,4-9,18H2,1-3H3/t21-/m1/s1. The van der Waals surface area contributed by atoms with Crippen molar-refractivity contribution in [1.29, 1.82) is 0 Å². The van der Waals surface area contributed by atoms with Gasteiger partial charge in [-0.05, 0) is 41.9 Å². The highest BCUT2D eigenvalue weighted by Crippen LogP contribution is 2.24. The van der Waals surface area contributed by atoms with Crippen molar-refractivity contribution in [3.63, 3.8) is 0 Å². The molecule has 4 heteroatoms. The predicted molar refractivity (Wildman–Crippen MR) is 130 cm³/mol. The van der Waals surface area contributed by atoms with Crippen molar-refractivity contribution in [1.82, 2.24) is 9.97 Å². The van der Waals surface area contributed by atoms with E-state index in [-0.39, 0.29) is 5.97 Å². The van der Waals surface area contributed by atoms with Crippen molar-refractivity contribution >= 4 is 5.97 Å². The summed E-state index contributed by atoms with van der Waals surface area (Å²) in [6.45, 7) is 7.09. The smallest absolute Gasteiger partial charge is 0.341 e. The average Bonchev–Trinajstić information content (AvgIpc) is 2.84. The maximum Gasteiger partial charge on any atom is 0.341 e. The average molecular weight is 431 g/mol. The molecular weight excluding hydrogens is 396 g/mol. The van der Waals surface area contributed by atoms with Crippen LogP contribution < -0.4 is 0 Å². The van der Waals surface area contributed by atoms with E-state index >= 15 is 0 Å². The van der Waals surface area contributed by atoms with Crippen LogP contribution in [0.3, 0.4) is 0 Å². The summed E-state index contributed by atoms with van der Waals surface area (Å²) in [5.74, 6) is 0.967. The fourth-order valence-corrected chi connectivity index (χ4v) is 3.59. The highest BCUT2D eigenvalue weighted by Gasteiger charge is 2.10. The first-order chi connectivity index (χ1) is 15.6. The second-order valence-electron chi connectivity index (χ2n) is 8.46. The van der Waals surface area contributed by atoms with Crippen LogP contribution in [0.4, 0.5) is 0 Å². The van der Waals surface area contributed by atoms with Gasteiger partial charge in [0.1, 0.15) is 0 Å². The normalized spacial score (nSPS) is 11.8. The number of hydrogen-bond donors (Lipinski definition) is 0. The molecule has 0 aliphatic rings. The largest absolute Gasteiger partial charge is 0.462 e. The van der Waals surface area contributed by atoms with E-state index in [2.05, 4.69) is 67.1 Å². The number of carbonyl (C=O) groups excluding carboxylic acids is 1. The number of esters is 1. The molecule has 0 saturated heterocycles. The van der Waals surface area contributed by atoms with Gasteiger partial charge in [0.05, 0.1) is 12.2 Å². The monoisotopic (exact) mass is 430 g/mol. The molecule has 32 heavy (non-hydrogen) atoms. The summed E-state index contributed by atoms with van der Waals surface area (Å²) in [5.41, 5.74) is 5.02. The molecule has 0 radical (unpaired) electrons. The van der Waals surface area contributed by atoms with Gasteiger partial charge in [0.2, 0.25) is 0 Å². The molecule has 3 aromatic rings. The van der Waals surface area contributed by atoms with Crippen LogP contribution in [0.15, 0.2) is 60.9 Å². The molecule has 2 aromatic carbocycles. The maximum absolute atomic E-state index is 12.2. The summed E-state index contributed by atoms with van der Waals surface area (Å²) < 4.78 is 5.36. The van der Waals surface area contributed by atoms with Gasteiger partial charge >= 0.3 is 5.97 Å². The third kappa shape index (κ3) is 6.74. The minimum absolute atomic E-state index is 0.359. The van der Waals surface area contributed by atoms with Crippen LogP contribution in [0.25, 0.3) is 22.5 Å². The summed E-state index contributed by atoms with van der Waals surface area (Å²) in [6, 6.07) is 16.9. The summed E-state index contributed by atoms with van der Waals surface area (Å²) >= 11 is 0. The molecule has 168 valence electrons. The summed E-state index contributed by atoms with van der Waals surface area (Å²) in [4.78, 5) is 21.0. The zero-order chi connectivity index (χ0) is 22.8. The molecule has 3 rings (SSSR count). The number of benzene rings is 2. The maximum atomic E-state index is 12.2. The predicted octanol–water partition coefficient (Wildman–Crippen LogP) is 7.14. The Morgan fingerprint density at radius 1 is 0.875 bits per heavy atom. The molecule has 0 amide bonds. The third-order valence-corrected chi connectivity index (χ3v) is 5.88. The van der Waals surface area contributed by atoms with E-state index in [1.165, 1.54) is 24.0 Å². The number of ether oxygens (including phenoxy) is 1. The summed E-state index contributed by atoms with van der Waals surface area (Å²) in [6.07, 6.45) is 9.70. The Kier molecular flexibility index (Phi) is 8.97. The third-order valence-electron chi connectivity index (χ3n) is 5.88. The van der Waals surface area contributed by atoms with E-state index in [1.54, 1.807) is 12.4 Å².